The molecule has 1 aromatic rings. The standard InChI is InChI=1S/C14H20FNO3/c1-5-16-14(3,13(17)18-4)9-19-11-6-7-12(15)10(2)8-11/h6-8,16H,5,9H2,1-4H3. The summed E-state index contributed by atoms with van der Waals surface area (Å²) in [4.78, 5) is 11.7. The first kappa shape index (κ1) is 15.4. The van der Waals surface area contributed by atoms with Crippen LogP contribution in [0.5, 0.6) is 5.75 Å². The van der Waals surface area contributed by atoms with E-state index in [-0.39, 0.29) is 12.4 Å². The molecule has 0 aliphatic carbocycles. The zero-order valence-electron chi connectivity index (χ0n) is 11.7. The maximum atomic E-state index is 13.1. The molecule has 1 unspecified atom stereocenters. The van der Waals surface area contributed by atoms with Crippen LogP contribution < -0.4 is 10.1 Å². The van der Waals surface area contributed by atoms with Gasteiger partial charge in [-0.2, -0.15) is 0 Å². The van der Waals surface area contributed by atoms with Crippen molar-refractivity contribution >= 4 is 5.97 Å². The quantitative estimate of drug-likeness (QED) is 0.803. The van der Waals surface area contributed by atoms with E-state index in [1.165, 1.54) is 19.2 Å². The van der Waals surface area contributed by atoms with Crippen molar-refractivity contribution in [2.24, 2.45) is 0 Å². The number of carbonyl (C=O) groups is 1. The predicted octanol–water partition coefficient (Wildman–Crippen LogP) is 2.05. The number of ether oxygens (including phenoxy) is 2. The van der Waals surface area contributed by atoms with Crippen LogP contribution in [-0.4, -0.2) is 31.8 Å². The van der Waals surface area contributed by atoms with Crippen LogP contribution in [0, 0.1) is 12.7 Å². The fraction of sp³-hybridized carbons (Fsp3) is 0.500. The van der Waals surface area contributed by atoms with Crippen LogP contribution in [0.4, 0.5) is 4.39 Å². The van der Waals surface area contributed by atoms with Gasteiger partial charge in [-0.05, 0) is 44.2 Å². The topological polar surface area (TPSA) is 47.6 Å². The fourth-order valence-corrected chi connectivity index (χ4v) is 1.73. The molecular weight excluding hydrogens is 249 g/mol. The molecule has 19 heavy (non-hydrogen) atoms. The zero-order chi connectivity index (χ0) is 14.5. The lowest BCUT2D eigenvalue weighted by Gasteiger charge is -2.27. The van der Waals surface area contributed by atoms with Crippen LogP contribution >= 0.6 is 0 Å². The summed E-state index contributed by atoms with van der Waals surface area (Å²) in [6.07, 6.45) is 0. The maximum absolute atomic E-state index is 13.1. The SMILES string of the molecule is CCNC(C)(COc1ccc(F)c(C)c1)C(=O)OC. The van der Waals surface area contributed by atoms with Gasteiger partial charge in [0.05, 0.1) is 7.11 Å². The summed E-state index contributed by atoms with van der Waals surface area (Å²) in [5, 5.41) is 3.03. The highest BCUT2D eigenvalue weighted by molar-refractivity contribution is 5.80. The van der Waals surface area contributed by atoms with E-state index in [4.69, 9.17) is 9.47 Å². The highest BCUT2D eigenvalue weighted by Crippen LogP contribution is 2.18. The van der Waals surface area contributed by atoms with Crippen molar-refractivity contribution in [2.45, 2.75) is 26.3 Å². The number of methoxy groups -OCH3 is 1. The molecule has 0 heterocycles. The molecular formula is C14H20FNO3. The Labute approximate surface area is 112 Å². The molecule has 1 aromatic carbocycles. The Bertz CT molecular complexity index is 450. The molecule has 5 heteroatoms. The molecule has 0 aliphatic heterocycles. The van der Waals surface area contributed by atoms with Crippen molar-refractivity contribution in [3.8, 4) is 5.75 Å². The molecule has 0 bridgehead atoms. The highest BCUT2D eigenvalue weighted by atomic mass is 19.1. The number of esters is 1. The monoisotopic (exact) mass is 269 g/mol. The van der Waals surface area contributed by atoms with Crippen LogP contribution in [0.2, 0.25) is 0 Å². The Hall–Kier alpha value is -1.62. The lowest BCUT2D eigenvalue weighted by Crippen LogP contribution is -2.54. The van der Waals surface area contributed by atoms with E-state index in [0.29, 0.717) is 17.9 Å². The zero-order valence-corrected chi connectivity index (χ0v) is 11.7. The Balaban J connectivity index is 2.76. The smallest absolute Gasteiger partial charge is 0.329 e. The summed E-state index contributed by atoms with van der Waals surface area (Å²) in [7, 11) is 1.33. The Kier molecular flexibility index (Phi) is 5.30. The summed E-state index contributed by atoms with van der Waals surface area (Å²) in [6, 6.07) is 4.47. The molecule has 0 amide bonds. The average Bonchev–Trinajstić information content (AvgIpc) is 2.39. The van der Waals surface area contributed by atoms with Crippen molar-refractivity contribution < 1.29 is 18.7 Å². The molecule has 4 nitrogen and oxygen atoms in total. The minimum atomic E-state index is -0.925. The molecule has 0 fully saturated rings. The Morgan fingerprint density at radius 1 is 1.47 bits per heavy atom. The van der Waals surface area contributed by atoms with Crippen molar-refractivity contribution in [3.05, 3.63) is 29.6 Å². The molecule has 0 saturated carbocycles. The molecule has 0 aromatic heterocycles. The molecule has 1 N–H and O–H groups in total. The average molecular weight is 269 g/mol. The van der Waals surface area contributed by atoms with Crippen LogP contribution in [-0.2, 0) is 9.53 Å². The van der Waals surface area contributed by atoms with Crippen molar-refractivity contribution in [1.29, 1.82) is 0 Å². The predicted molar refractivity (Wildman–Crippen MR) is 70.7 cm³/mol. The summed E-state index contributed by atoms with van der Waals surface area (Å²) < 4.78 is 23.4. The van der Waals surface area contributed by atoms with Gasteiger partial charge in [0.15, 0.2) is 0 Å². The third-order valence-corrected chi connectivity index (χ3v) is 2.86. The van der Waals surface area contributed by atoms with E-state index < -0.39 is 11.5 Å². The van der Waals surface area contributed by atoms with Gasteiger partial charge >= 0.3 is 5.97 Å². The molecule has 0 aliphatic rings. The minimum Gasteiger partial charge on any atom is -0.491 e. The number of aryl methyl sites for hydroxylation is 1. The van der Waals surface area contributed by atoms with Crippen molar-refractivity contribution in [2.75, 3.05) is 20.3 Å². The second-order valence-electron chi connectivity index (χ2n) is 4.55. The first-order chi connectivity index (χ1) is 8.92. The second-order valence-corrected chi connectivity index (χ2v) is 4.55. The van der Waals surface area contributed by atoms with Crippen molar-refractivity contribution in [3.63, 3.8) is 0 Å². The number of likely N-dealkylation sites (N-methyl/N-ethyl adjacent to an activating group) is 1. The van der Waals surface area contributed by atoms with Gasteiger partial charge in [-0.3, -0.25) is 5.32 Å². The van der Waals surface area contributed by atoms with E-state index >= 15 is 0 Å². The number of benzene rings is 1. The van der Waals surface area contributed by atoms with Gasteiger partial charge in [0, 0.05) is 0 Å². The molecule has 106 valence electrons. The summed E-state index contributed by atoms with van der Waals surface area (Å²) in [5.41, 5.74) is -0.424. The number of nitrogens with one attached hydrogen (secondary N) is 1. The van der Waals surface area contributed by atoms with E-state index in [9.17, 15) is 9.18 Å². The normalized spacial score (nSPS) is 13.7. The number of hydrogen-bond acceptors (Lipinski definition) is 4. The molecule has 1 rings (SSSR count). The maximum Gasteiger partial charge on any atom is 0.329 e. The summed E-state index contributed by atoms with van der Waals surface area (Å²) in [6.45, 7) is 5.98. The summed E-state index contributed by atoms with van der Waals surface area (Å²) in [5.74, 6) is -0.158. The highest BCUT2D eigenvalue weighted by Gasteiger charge is 2.34. The number of hydrogen-bond donors (Lipinski definition) is 1. The van der Waals surface area contributed by atoms with Crippen LogP contribution in [0.25, 0.3) is 0 Å². The van der Waals surface area contributed by atoms with Gasteiger partial charge in [0.1, 0.15) is 23.7 Å². The van der Waals surface area contributed by atoms with Crippen LogP contribution in [0.15, 0.2) is 18.2 Å². The Morgan fingerprint density at radius 3 is 2.68 bits per heavy atom. The third kappa shape index (κ3) is 3.92. The molecule has 1 atom stereocenters. The first-order valence-electron chi connectivity index (χ1n) is 6.15. The molecule has 0 radical (unpaired) electrons. The van der Waals surface area contributed by atoms with Gasteiger partial charge in [0.25, 0.3) is 0 Å². The van der Waals surface area contributed by atoms with Gasteiger partial charge < -0.3 is 9.47 Å². The van der Waals surface area contributed by atoms with Crippen LogP contribution in [0.1, 0.15) is 19.4 Å². The number of halogens is 1. The van der Waals surface area contributed by atoms with E-state index in [1.54, 1.807) is 19.9 Å². The largest absolute Gasteiger partial charge is 0.491 e. The Morgan fingerprint density at radius 2 is 2.16 bits per heavy atom. The summed E-state index contributed by atoms with van der Waals surface area (Å²) >= 11 is 0. The van der Waals surface area contributed by atoms with E-state index in [2.05, 4.69) is 5.32 Å². The second kappa shape index (κ2) is 6.52. The minimum absolute atomic E-state index is 0.110. The first-order valence-corrected chi connectivity index (χ1v) is 6.15. The van der Waals surface area contributed by atoms with Crippen LogP contribution in [0.3, 0.4) is 0 Å². The van der Waals surface area contributed by atoms with E-state index in [0.717, 1.165) is 0 Å². The lowest BCUT2D eigenvalue weighted by molar-refractivity contribution is -0.149. The van der Waals surface area contributed by atoms with Gasteiger partial charge in [0.2, 0.25) is 0 Å². The van der Waals surface area contributed by atoms with Gasteiger partial charge in [-0.1, -0.05) is 6.92 Å². The third-order valence-electron chi connectivity index (χ3n) is 2.86. The van der Waals surface area contributed by atoms with Gasteiger partial charge in [-0.25, -0.2) is 9.18 Å². The number of rotatable bonds is 6. The number of carbonyl (C=O) groups excluding carboxylic acids is 1. The van der Waals surface area contributed by atoms with Gasteiger partial charge in [-0.15, -0.1) is 0 Å². The van der Waals surface area contributed by atoms with Crippen molar-refractivity contribution in [1.82, 2.24) is 5.32 Å². The fourth-order valence-electron chi connectivity index (χ4n) is 1.73. The molecule has 0 saturated heterocycles. The van der Waals surface area contributed by atoms with E-state index in [1.807, 2.05) is 6.92 Å². The molecule has 0 spiro atoms. The lowest BCUT2D eigenvalue weighted by atomic mass is 10.0.